The van der Waals surface area contributed by atoms with Gasteiger partial charge in [0.05, 0.1) is 11.1 Å². The molecule has 0 unspecified atom stereocenters. The van der Waals surface area contributed by atoms with Crippen molar-refractivity contribution in [1.29, 1.82) is 0 Å². The number of aryl methyl sites for hydroxylation is 2. The van der Waals surface area contributed by atoms with Crippen LogP contribution in [0.25, 0.3) is 10.8 Å². The van der Waals surface area contributed by atoms with Crippen molar-refractivity contribution in [3.63, 3.8) is 0 Å². The van der Waals surface area contributed by atoms with E-state index in [1.807, 2.05) is 12.1 Å². The average Bonchev–Trinajstić information content (AvgIpc) is 2.51. The van der Waals surface area contributed by atoms with E-state index in [1.54, 1.807) is 6.07 Å². The maximum Gasteiger partial charge on any atom is 0.345 e. The van der Waals surface area contributed by atoms with E-state index in [9.17, 15) is 9.59 Å². The van der Waals surface area contributed by atoms with Crippen LogP contribution in [-0.2, 0) is 17.6 Å². The quantitative estimate of drug-likeness (QED) is 0.822. The molecule has 1 amide bonds. The molecule has 1 aromatic heterocycles. The van der Waals surface area contributed by atoms with Crippen molar-refractivity contribution in [3.8, 4) is 0 Å². The predicted molar refractivity (Wildman–Crippen MR) is 94.0 cm³/mol. The number of nitrogens with one attached hydrogen (secondary N) is 1. The summed E-state index contributed by atoms with van der Waals surface area (Å²) in [6.45, 7) is 5.71. The van der Waals surface area contributed by atoms with Crippen molar-refractivity contribution < 1.29 is 9.21 Å². The summed E-state index contributed by atoms with van der Waals surface area (Å²) < 4.78 is 5.64. The number of rotatable bonds is 7. The summed E-state index contributed by atoms with van der Waals surface area (Å²) in [5.41, 5.74) is 1.28. The van der Waals surface area contributed by atoms with E-state index in [-0.39, 0.29) is 11.5 Å². The van der Waals surface area contributed by atoms with E-state index in [2.05, 4.69) is 19.2 Å². The first-order chi connectivity index (χ1) is 11.1. The predicted octanol–water partition coefficient (Wildman–Crippen LogP) is 4.44. The molecule has 0 fully saturated rings. The third kappa shape index (κ3) is 4.01. The van der Waals surface area contributed by atoms with Crippen LogP contribution in [0.3, 0.4) is 0 Å². The van der Waals surface area contributed by atoms with Gasteiger partial charge in [-0.25, -0.2) is 4.79 Å². The highest BCUT2D eigenvalue weighted by Crippen LogP contribution is 2.28. The molecule has 2 aromatic rings. The molecule has 0 saturated heterocycles. The lowest BCUT2D eigenvalue weighted by molar-refractivity contribution is -0.114. The lowest BCUT2D eigenvalue weighted by Crippen LogP contribution is -2.13. The molecule has 0 spiro atoms. The molecule has 0 radical (unpaired) electrons. The van der Waals surface area contributed by atoms with Crippen LogP contribution in [0, 0.1) is 0 Å². The van der Waals surface area contributed by atoms with E-state index in [0.29, 0.717) is 11.1 Å². The highest BCUT2D eigenvalue weighted by atomic mass is 16.4. The molecule has 0 aliphatic carbocycles. The molecular formula is C19H25NO3. The van der Waals surface area contributed by atoms with Gasteiger partial charge in [-0.1, -0.05) is 38.8 Å². The first-order valence-corrected chi connectivity index (χ1v) is 8.43. The van der Waals surface area contributed by atoms with Crippen LogP contribution in [0.5, 0.6) is 0 Å². The molecule has 0 aliphatic rings. The Morgan fingerprint density at radius 2 is 1.83 bits per heavy atom. The molecule has 1 heterocycles. The van der Waals surface area contributed by atoms with Gasteiger partial charge < -0.3 is 9.73 Å². The fourth-order valence-corrected chi connectivity index (χ4v) is 2.86. The normalized spacial score (nSPS) is 10.9. The molecule has 0 aliphatic heterocycles. The largest absolute Gasteiger partial charge is 0.427 e. The summed E-state index contributed by atoms with van der Waals surface area (Å²) in [7, 11) is 0. The zero-order chi connectivity index (χ0) is 16.8. The first kappa shape index (κ1) is 17.3. The number of hydrogen-bond acceptors (Lipinski definition) is 3. The number of anilines is 1. The fourth-order valence-electron chi connectivity index (χ4n) is 2.86. The number of amides is 1. The highest BCUT2D eigenvalue weighted by Gasteiger charge is 2.16. The Labute approximate surface area is 136 Å². The van der Waals surface area contributed by atoms with Gasteiger partial charge in [0.1, 0.15) is 5.76 Å². The Hall–Kier alpha value is -2.10. The Morgan fingerprint density at radius 3 is 2.48 bits per heavy atom. The summed E-state index contributed by atoms with van der Waals surface area (Å²) in [5.74, 6) is 0.611. The number of carbonyl (C=O) groups excluding carboxylic acids is 1. The molecule has 1 aromatic carbocycles. The van der Waals surface area contributed by atoms with Crippen molar-refractivity contribution in [2.24, 2.45) is 0 Å². The summed E-state index contributed by atoms with van der Waals surface area (Å²) in [6.07, 6.45) is 5.86. The molecule has 2 rings (SSSR count). The van der Waals surface area contributed by atoms with E-state index in [0.717, 1.165) is 55.2 Å². The third-order valence-electron chi connectivity index (χ3n) is 3.99. The fraction of sp³-hybridized carbons (Fsp3) is 0.474. The number of benzene rings is 1. The van der Waals surface area contributed by atoms with E-state index < -0.39 is 0 Å². The molecule has 124 valence electrons. The molecule has 0 saturated carbocycles. The van der Waals surface area contributed by atoms with Gasteiger partial charge in [-0.2, -0.15) is 0 Å². The molecular weight excluding hydrogens is 290 g/mol. The van der Waals surface area contributed by atoms with Gasteiger partial charge in [-0.15, -0.1) is 0 Å². The SMILES string of the molecule is CCCCc1oc(=O)c2c(NC(C)=O)cccc2c1CCCC. The summed E-state index contributed by atoms with van der Waals surface area (Å²) in [4.78, 5) is 23.9. The Balaban J connectivity index is 2.65. The third-order valence-corrected chi connectivity index (χ3v) is 3.99. The van der Waals surface area contributed by atoms with Crippen molar-refractivity contribution in [3.05, 3.63) is 39.9 Å². The van der Waals surface area contributed by atoms with Gasteiger partial charge in [0, 0.05) is 13.3 Å². The van der Waals surface area contributed by atoms with Crippen molar-refractivity contribution in [2.45, 2.75) is 59.3 Å². The molecule has 1 N–H and O–H groups in total. The van der Waals surface area contributed by atoms with Crippen molar-refractivity contribution in [2.75, 3.05) is 5.32 Å². The standard InChI is InChI=1S/C19H25NO3/c1-4-6-9-14-15-10-8-11-16(20-13(3)21)18(15)19(22)23-17(14)12-7-5-2/h8,10-11H,4-7,9,12H2,1-3H3,(H,20,21). The zero-order valence-electron chi connectivity index (χ0n) is 14.2. The second-order valence-electron chi connectivity index (χ2n) is 5.91. The Morgan fingerprint density at radius 1 is 1.13 bits per heavy atom. The van der Waals surface area contributed by atoms with E-state index in [4.69, 9.17) is 4.42 Å². The maximum absolute atomic E-state index is 12.5. The first-order valence-electron chi connectivity index (χ1n) is 8.43. The van der Waals surface area contributed by atoms with E-state index in [1.165, 1.54) is 6.92 Å². The van der Waals surface area contributed by atoms with Gasteiger partial charge in [-0.05, 0) is 36.3 Å². The average molecular weight is 315 g/mol. The smallest absolute Gasteiger partial charge is 0.345 e. The molecule has 4 nitrogen and oxygen atoms in total. The van der Waals surface area contributed by atoms with Crippen LogP contribution in [0.1, 0.15) is 57.8 Å². The van der Waals surface area contributed by atoms with Crippen LogP contribution in [0.4, 0.5) is 5.69 Å². The molecule has 23 heavy (non-hydrogen) atoms. The summed E-state index contributed by atoms with van der Waals surface area (Å²) >= 11 is 0. The van der Waals surface area contributed by atoms with Gasteiger partial charge in [0.2, 0.25) is 5.91 Å². The van der Waals surface area contributed by atoms with Crippen LogP contribution in [0.15, 0.2) is 27.4 Å². The number of fused-ring (bicyclic) bond motifs is 1. The van der Waals surface area contributed by atoms with Crippen LogP contribution in [0.2, 0.25) is 0 Å². The van der Waals surface area contributed by atoms with Crippen molar-refractivity contribution >= 4 is 22.4 Å². The van der Waals surface area contributed by atoms with Crippen molar-refractivity contribution in [1.82, 2.24) is 0 Å². The van der Waals surface area contributed by atoms with Gasteiger partial charge in [0.25, 0.3) is 0 Å². The molecule has 4 heteroatoms. The minimum atomic E-state index is -0.365. The Kier molecular flexibility index (Phi) is 5.97. The Bertz CT molecular complexity index is 746. The summed E-state index contributed by atoms with van der Waals surface area (Å²) in [6, 6.07) is 5.58. The van der Waals surface area contributed by atoms with Gasteiger partial charge in [0.15, 0.2) is 0 Å². The number of hydrogen-bond donors (Lipinski definition) is 1. The van der Waals surface area contributed by atoms with Crippen LogP contribution in [-0.4, -0.2) is 5.91 Å². The molecule has 0 bridgehead atoms. The number of carbonyl (C=O) groups is 1. The second kappa shape index (κ2) is 7.95. The van der Waals surface area contributed by atoms with Crippen LogP contribution >= 0.6 is 0 Å². The molecule has 0 atom stereocenters. The minimum Gasteiger partial charge on any atom is -0.427 e. The topological polar surface area (TPSA) is 59.3 Å². The zero-order valence-corrected chi connectivity index (χ0v) is 14.2. The maximum atomic E-state index is 12.5. The van der Waals surface area contributed by atoms with Gasteiger partial charge >= 0.3 is 5.63 Å². The lowest BCUT2D eigenvalue weighted by Gasteiger charge is -2.13. The minimum absolute atomic E-state index is 0.193. The summed E-state index contributed by atoms with van der Waals surface area (Å²) in [5, 5.41) is 4.13. The van der Waals surface area contributed by atoms with Gasteiger partial charge in [-0.3, -0.25) is 4.79 Å². The monoisotopic (exact) mass is 315 g/mol. The van der Waals surface area contributed by atoms with E-state index >= 15 is 0 Å². The number of unbranched alkanes of at least 4 members (excludes halogenated alkanes) is 2. The highest BCUT2D eigenvalue weighted by molar-refractivity contribution is 6.01. The lowest BCUT2D eigenvalue weighted by atomic mass is 9.97. The van der Waals surface area contributed by atoms with Crippen LogP contribution < -0.4 is 10.9 Å². The second-order valence-corrected chi connectivity index (χ2v) is 5.91.